The van der Waals surface area contributed by atoms with E-state index in [1.165, 1.54) is 5.56 Å². The summed E-state index contributed by atoms with van der Waals surface area (Å²) < 4.78 is 11.4. The third-order valence-electron chi connectivity index (χ3n) is 4.45. The van der Waals surface area contributed by atoms with Gasteiger partial charge in [-0.05, 0) is 53.9 Å². The predicted octanol–water partition coefficient (Wildman–Crippen LogP) is 5.19. The number of benzene rings is 3. The van der Waals surface area contributed by atoms with Crippen LogP contribution in [0.5, 0.6) is 11.5 Å². The Kier molecular flexibility index (Phi) is 11.0. The first-order valence-corrected chi connectivity index (χ1v) is 9.64. The number of hydrogen-bond donors (Lipinski definition) is 3. The number of aryl methyl sites for hydroxylation is 1. The summed E-state index contributed by atoms with van der Waals surface area (Å²) in [5, 5.41) is 3.80. The zero-order chi connectivity index (χ0) is 21.9. The Morgan fingerprint density at radius 2 is 1.74 bits per heavy atom. The maximum atomic E-state index is 8.94. The summed E-state index contributed by atoms with van der Waals surface area (Å²) in [5.41, 5.74) is 7.19. The van der Waals surface area contributed by atoms with E-state index in [0.29, 0.717) is 23.8 Å². The van der Waals surface area contributed by atoms with Crippen LogP contribution in [0, 0.1) is 6.92 Å². The van der Waals surface area contributed by atoms with Crippen molar-refractivity contribution in [2.45, 2.75) is 21.0 Å². The number of anilines is 1. The van der Waals surface area contributed by atoms with Gasteiger partial charge in [0.1, 0.15) is 18.1 Å². The van der Waals surface area contributed by atoms with Crippen molar-refractivity contribution >= 4 is 23.7 Å². The minimum Gasteiger partial charge on any atom is -0.497 e. The van der Waals surface area contributed by atoms with E-state index in [1.54, 1.807) is 12.5 Å². The molecule has 3 aromatic carbocycles. The van der Waals surface area contributed by atoms with Gasteiger partial charge in [0.25, 0.3) is 0 Å². The van der Waals surface area contributed by atoms with Gasteiger partial charge in [0.2, 0.25) is 6.41 Å². The van der Waals surface area contributed by atoms with E-state index in [0.717, 1.165) is 28.1 Å². The Balaban J connectivity index is 0.000000885. The second-order valence-electron chi connectivity index (χ2n) is 6.30. The van der Waals surface area contributed by atoms with Crippen molar-refractivity contribution in [3.63, 3.8) is 0 Å². The van der Waals surface area contributed by atoms with Crippen molar-refractivity contribution in [2.24, 2.45) is 5.84 Å². The monoisotopic (exact) mass is 443 g/mol. The number of amides is 1. The summed E-state index contributed by atoms with van der Waals surface area (Å²) in [6.07, 6.45) is 0.403. The predicted molar refractivity (Wildman–Crippen MR) is 129 cm³/mol. The van der Waals surface area contributed by atoms with Crippen LogP contribution in [0.15, 0.2) is 60.7 Å². The molecule has 0 spiro atoms. The molecule has 166 valence electrons. The number of nitrogens with two attached hydrogens (primary N) is 1. The van der Waals surface area contributed by atoms with E-state index in [4.69, 9.17) is 25.9 Å². The maximum Gasteiger partial charge on any atom is 0.221 e. The summed E-state index contributed by atoms with van der Waals surface area (Å²) in [7, 11) is 3.58. The summed E-state index contributed by atoms with van der Waals surface area (Å²) in [6.45, 7) is 2.53. The Bertz CT molecular complexity index is 980. The SMILES string of the molecule is C.CNc1cccc(C)c1COc1cc(-c2cccc(OC)c2)ccc1Cl.NNC=O. The highest BCUT2D eigenvalue weighted by Gasteiger charge is 2.09. The molecule has 4 N–H and O–H groups in total. The zero-order valence-electron chi connectivity index (χ0n) is 17.2. The van der Waals surface area contributed by atoms with Gasteiger partial charge in [0.15, 0.2) is 0 Å². The molecule has 3 aromatic rings. The summed E-state index contributed by atoms with van der Waals surface area (Å²) in [6, 6.07) is 19.9. The topological polar surface area (TPSA) is 85.6 Å². The summed E-state index contributed by atoms with van der Waals surface area (Å²) >= 11 is 6.36. The van der Waals surface area contributed by atoms with Gasteiger partial charge >= 0.3 is 0 Å². The van der Waals surface area contributed by atoms with Crippen LogP contribution < -0.4 is 26.1 Å². The fraction of sp³-hybridized carbons (Fsp3) is 0.208. The molecule has 0 aromatic heterocycles. The molecule has 1 amide bonds. The van der Waals surface area contributed by atoms with Gasteiger partial charge in [0.05, 0.1) is 12.1 Å². The van der Waals surface area contributed by atoms with Crippen LogP contribution in [0.3, 0.4) is 0 Å². The molecule has 0 aliphatic heterocycles. The maximum absolute atomic E-state index is 8.94. The molecule has 0 bridgehead atoms. The smallest absolute Gasteiger partial charge is 0.221 e. The normalized spacial score (nSPS) is 9.45. The molecular formula is C24H30ClN3O3. The number of rotatable bonds is 7. The number of carbonyl (C=O) groups excluding carboxylic acids is 1. The quantitative estimate of drug-likeness (QED) is 0.202. The molecule has 7 heteroatoms. The first kappa shape index (κ1) is 25.8. The number of nitrogens with one attached hydrogen (secondary N) is 2. The molecule has 0 radical (unpaired) electrons. The molecular weight excluding hydrogens is 414 g/mol. The lowest BCUT2D eigenvalue weighted by atomic mass is 10.0. The average molecular weight is 444 g/mol. The van der Waals surface area contributed by atoms with E-state index in [2.05, 4.69) is 24.1 Å². The minimum atomic E-state index is 0. The number of ether oxygens (including phenoxy) is 2. The second kappa shape index (κ2) is 13.2. The van der Waals surface area contributed by atoms with Gasteiger partial charge in [0, 0.05) is 18.3 Å². The number of hydrazine groups is 1. The van der Waals surface area contributed by atoms with E-state index in [1.807, 2.05) is 61.6 Å². The highest BCUT2D eigenvalue weighted by Crippen LogP contribution is 2.33. The third-order valence-corrected chi connectivity index (χ3v) is 4.77. The standard InChI is InChI=1S/C22H22ClNO2.CH4N2O.CH4/c1-15-6-4-9-21(24-2)19(15)14-26-22-13-17(10-11-20(22)23)16-7-5-8-18(12-16)25-3;2-3-1-4;/h4-13,24H,14H2,1-3H3;1H,2H2,(H,3,4);1H4. The van der Waals surface area contributed by atoms with Gasteiger partial charge in [-0.2, -0.15) is 0 Å². The fourth-order valence-corrected chi connectivity index (χ4v) is 3.05. The van der Waals surface area contributed by atoms with Crippen molar-refractivity contribution in [3.8, 4) is 22.6 Å². The molecule has 0 atom stereocenters. The number of methoxy groups -OCH3 is 1. The molecule has 3 rings (SSSR count). The second-order valence-corrected chi connectivity index (χ2v) is 6.71. The van der Waals surface area contributed by atoms with Gasteiger partial charge in [-0.1, -0.05) is 49.4 Å². The first-order valence-electron chi connectivity index (χ1n) is 9.26. The van der Waals surface area contributed by atoms with Crippen LogP contribution in [-0.2, 0) is 11.4 Å². The van der Waals surface area contributed by atoms with Gasteiger partial charge in [-0.15, -0.1) is 0 Å². The molecule has 0 saturated heterocycles. The van der Waals surface area contributed by atoms with Crippen molar-refractivity contribution in [2.75, 3.05) is 19.5 Å². The number of halogens is 1. The van der Waals surface area contributed by atoms with Crippen molar-refractivity contribution in [3.05, 3.63) is 76.8 Å². The van der Waals surface area contributed by atoms with Crippen LogP contribution in [0.1, 0.15) is 18.6 Å². The fourth-order valence-electron chi connectivity index (χ4n) is 2.87. The lowest BCUT2D eigenvalue weighted by Gasteiger charge is -2.15. The van der Waals surface area contributed by atoms with Crippen molar-refractivity contribution < 1.29 is 14.3 Å². The lowest BCUT2D eigenvalue weighted by Crippen LogP contribution is -2.18. The Morgan fingerprint density at radius 3 is 2.39 bits per heavy atom. The highest BCUT2D eigenvalue weighted by molar-refractivity contribution is 6.32. The minimum absolute atomic E-state index is 0. The number of hydrogen-bond acceptors (Lipinski definition) is 5. The molecule has 0 heterocycles. The van der Waals surface area contributed by atoms with E-state index >= 15 is 0 Å². The summed E-state index contributed by atoms with van der Waals surface area (Å²) in [5.74, 6) is 5.89. The Morgan fingerprint density at radius 1 is 1.06 bits per heavy atom. The summed E-state index contributed by atoms with van der Waals surface area (Å²) in [4.78, 5) is 8.94. The van der Waals surface area contributed by atoms with Crippen molar-refractivity contribution in [1.82, 2.24) is 5.43 Å². The molecule has 0 aliphatic rings. The Hall–Kier alpha value is -3.22. The van der Waals surface area contributed by atoms with Crippen LogP contribution >= 0.6 is 11.6 Å². The van der Waals surface area contributed by atoms with Gasteiger partial charge < -0.3 is 14.8 Å². The van der Waals surface area contributed by atoms with Gasteiger partial charge in [-0.3, -0.25) is 10.2 Å². The zero-order valence-corrected chi connectivity index (χ0v) is 18.0. The van der Waals surface area contributed by atoms with E-state index in [-0.39, 0.29) is 7.43 Å². The van der Waals surface area contributed by atoms with Crippen LogP contribution in [0.2, 0.25) is 5.02 Å². The van der Waals surface area contributed by atoms with E-state index < -0.39 is 0 Å². The van der Waals surface area contributed by atoms with Crippen LogP contribution in [0.25, 0.3) is 11.1 Å². The largest absolute Gasteiger partial charge is 0.497 e. The third kappa shape index (κ3) is 7.20. The first-order chi connectivity index (χ1) is 14.5. The Labute approximate surface area is 189 Å². The molecule has 0 unspecified atom stereocenters. The van der Waals surface area contributed by atoms with Crippen LogP contribution in [0.4, 0.5) is 5.69 Å². The molecule has 0 aliphatic carbocycles. The van der Waals surface area contributed by atoms with Gasteiger partial charge in [-0.25, -0.2) is 5.84 Å². The van der Waals surface area contributed by atoms with Crippen molar-refractivity contribution in [1.29, 1.82) is 0 Å². The molecule has 31 heavy (non-hydrogen) atoms. The average Bonchev–Trinajstić information content (AvgIpc) is 2.79. The number of carbonyl (C=O) groups is 1. The molecule has 0 fully saturated rings. The van der Waals surface area contributed by atoms with Crippen LogP contribution in [-0.4, -0.2) is 20.6 Å². The molecule has 6 nitrogen and oxygen atoms in total. The molecule has 0 saturated carbocycles. The van der Waals surface area contributed by atoms with E-state index in [9.17, 15) is 0 Å². The highest BCUT2D eigenvalue weighted by atomic mass is 35.5. The lowest BCUT2D eigenvalue weighted by molar-refractivity contribution is -0.109.